The van der Waals surface area contributed by atoms with Gasteiger partial charge in [0.05, 0.1) is 5.41 Å². The number of carboxylic acids is 1. The minimum absolute atomic E-state index is 0.411. The number of nitrogens with one attached hydrogen (secondary N) is 1. The number of carbonyl (C=O) groups is 1. The van der Waals surface area contributed by atoms with Crippen LogP contribution in [0.4, 0.5) is 0 Å². The van der Waals surface area contributed by atoms with Gasteiger partial charge < -0.3 is 10.4 Å². The Morgan fingerprint density at radius 2 is 2.32 bits per heavy atom. The maximum Gasteiger partial charge on any atom is 0.310 e. The molecule has 2 atom stereocenters. The quantitative estimate of drug-likeness (QED) is 0.891. The number of piperidine rings is 1. The summed E-state index contributed by atoms with van der Waals surface area (Å²) < 4.78 is 0. The second kappa shape index (κ2) is 5.17. The number of fused-ring (bicyclic) bond motifs is 1. The number of hydrogen-bond acceptors (Lipinski definition) is 3. The summed E-state index contributed by atoms with van der Waals surface area (Å²) >= 11 is 1.85. The molecule has 2 aliphatic heterocycles. The van der Waals surface area contributed by atoms with Gasteiger partial charge in [-0.05, 0) is 43.9 Å². The molecule has 0 amide bonds. The van der Waals surface area contributed by atoms with E-state index in [0.29, 0.717) is 11.8 Å². The summed E-state index contributed by atoms with van der Waals surface area (Å²) in [6, 6.07) is 8.43. The fourth-order valence-electron chi connectivity index (χ4n) is 3.22. The zero-order valence-corrected chi connectivity index (χ0v) is 11.7. The Morgan fingerprint density at radius 1 is 1.47 bits per heavy atom. The van der Waals surface area contributed by atoms with E-state index in [-0.39, 0.29) is 0 Å². The van der Waals surface area contributed by atoms with Crippen LogP contribution in [0.5, 0.6) is 0 Å². The molecule has 4 heteroatoms. The molecule has 1 aromatic carbocycles. The van der Waals surface area contributed by atoms with E-state index in [9.17, 15) is 9.90 Å². The van der Waals surface area contributed by atoms with Gasteiger partial charge >= 0.3 is 5.97 Å². The lowest BCUT2D eigenvalue weighted by atomic mass is 9.76. The zero-order chi connectivity index (χ0) is 13.3. The van der Waals surface area contributed by atoms with Crippen molar-refractivity contribution < 1.29 is 9.90 Å². The molecule has 2 unspecified atom stereocenters. The first-order valence-electron chi connectivity index (χ1n) is 6.88. The number of thioether (sulfide) groups is 1. The first-order valence-corrected chi connectivity index (χ1v) is 7.76. The highest BCUT2D eigenvalue weighted by Crippen LogP contribution is 2.44. The van der Waals surface area contributed by atoms with Gasteiger partial charge in [0.1, 0.15) is 0 Å². The predicted molar refractivity (Wildman–Crippen MR) is 76.6 cm³/mol. The van der Waals surface area contributed by atoms with Crippen molar-refractivity contribution in [3.05, 3.63) is 29.8 Å². The lowest BCUT2D eigenvalue weighted by Crippen LogP contribution is -2.47. The fourth-order valence-corrected chi connectivity index (χ4v) is 4.70. The van der Waals surface area contributed by atoms with Crippen molar-refractivity contribution in [2.75, 3.05) is 13.1 Å². The van der Waals surface area contributed by atoms with Crippen molar-refractivity contribution in [2.45, 2.75) is 35.8 Å². The molecule has 0 aromatic heterocycles. The maximum atomic E-state index is 11.7. The molecule has 2 heterocycles. The molecule has 3 rings (SSSR count). The van der Waals surface area contributed by atoms with E-state index in [0.717, 1.165) is 32.2 Å². The molecular weight excluding hydrogens is 258 g/mol. The topological polar surface area (TPSA) is 49.3 Å². The van der Waals surface area contributed by atoms with E-state index in [1.807, 2.05) is 11.8 Å². The van der Waals surface area contributed by atoms with Gasteiger partial charge in [-0.25, -0.2) is 0 Å². The second-order valence-corrected chi connectivity index (χ2v) is 6.96. The average Bonchev–Trinajstić information content (AvgIpc) is 2.81. The normalized spacial score (nSPS) is 30.0. The van der Waals surface area contributed by atoms with Gasteiger partial charge in [0.15, 0.2) is 0 Å². The van der Waals surface area contributed by atoms with Crippen LogP contribution in [0.15, 0.2) is 29.2 Å². The van der Waals surface area contributed by atoms with Crippen LogP contribution < -0.4 is 5.32 Å². The highest BCUT2D eigenvalue weighted by atomic mass is 32.2. The number of carboxylic acid groups (broad SMARTS) is 1. The number of rotatable bonds is 3. The molecule has 0 spiro atoms. The van der Waals surface area contributed by atoms with E-state index in [4.69, 9.17) is 0 Å². The molecule has 0 saturated carbocycles. The summed E-state index contributed by atoms with van der Waals surface area (Å²) in [4.78, 5) is 13.0. The minimum atomic E-state index is -0.628. The van der Waals surface area contributed by atoms with E-state index in [1.54, 1.807) is 0 Å². The van der Waals surface area contributed by atoms with E-state index in [2.05, 4.69) is 29.6 Å². The van der Waals surface area contributed by atoms with Crippen molar-refractivity contribution in [1.29, 1.82) is 0 Å². The summed E-state index contributed by atoms with van der Waals surface area (Å²) in [5, 5.41) is 13.3. The molecule has 1 fully saturated rings. The molecule has 3 nitrogen and oxygen atoms in total. The Balaban J connectivity index is 1.73. The van der Waals surface area contributed by atoms with Gasteiger partial charge in [0.25, 0.3) is 0 Å². The van der Waals surface area contributed by atoms with Crippen LogP contribution in [0, 0.1) is 5.41 Å². The van der Waals surface area contributed by atoms with Crippen LogP contribution in [-0.4, -0.2) is 29.4 Å². The summed E-state index contributed by atoms with van der Waals surface area (Å²) in [6.45, 7) is 1.57. The van der Waals surface area contributed by atoms with Crippen molar-refractivity contribution in [1.82, 2.24) is 5.32 Å². The fraction of sp³-hybridized carbons (Fsp3) is 0.533. The van der Waals surface area contributed by atoms with Gasteiger partial charge in [-0.15, -0.1) is 11.8 Å². The largest absolute Gasteiger partial charge is 0.481 e. The maximum absolute atomic E-state index is 11.7. The number of benzene rings is 1. The van der Waals surface area contributed by atoms with Crippen molar-refractivity contribution in [3.8, 4) is 0 Å². The molecule has 0 bridgehead atoms. The molecule has 1 aromatic rings. The van der Waals surface area contributed by atoms with E-state index < -0.39 is 11.4 Å². The second-order valence-electron chi connectivity index (χ2n) is 5.62. The number of aliphatic carboxylic acids is 1. The highest BCUT2D eigenvalue weighted by molar-refractivity contribution is 8.00. The molecular formula is C15H19NO2S. The molecule has 2 aliphatic rings. The summed E-state index contributed by atoms with van der Waals surface area (Å²) in [7, 11) is 0. The van der Waals surface area contributed by atoms with Crippen LogP contribution in [0.3, 0.4) is 0 Å². The van der Waals surface area contributed by atoms with Gasteiger partial charge in [-0.3, -0.25) is 4.79 Å². The summed E-state index contributed by atoms with van der Waals surface area (Å²) in [5.41, 5.74) is 0.819. The van der Waals surface area contributed by atoms with Crippen LogP contribution >= 0.6 is 11.8 Å². The zero-order valence-electron chi connectivity index (χ0n) is 10.9. The molecule has 2 N–H and O–H groups in total. The Bertz CT molecular complexity index is 458. The monoisotopic (exact) mass is 277 g/mol. The molecule has 102 valence electrons. The third kappa shape index (κ3) is 2.51. The predicted octanol–water partition coefficient (Wildman–Crippen LogP) is 2.55. The van der Waals surface area contributed by atoms with Gasteiger partial charge in [0.2, 0.25) is 0 Å². The third-order valence-corrected chi connectivity index (χ3v) is 5.58. The van der Waals surface area contributed by atoms with Crippen LogP contribution in [0.1, 0.15) is 24.8 Å². The van der Waals surface area contributed by atoms with Crippen molar-refractivity contribution in [2.24, 2.45) is 5.41 Å². The smallest absolute Gasteiger partial charge is 0.310 e. The van der Waals surface area contributed by atoms with Crippen LogP contribution in [-0.2, 0) is 11.2 Å². The SMILES string of the molecule is O=C(O)C1(CC2Cc3ccccc3S2)CCCNC1. The Morgan fingerprint density at radius 3 is 3.00 bits per heavy atom. The first kappa shape index (κ1) is 13.0. The van der Waals surface area contributed by atoms with E-state index >= 15 is 0 Å². The van der Waals surface area contributed by atoms with Gasteiger partial charge in [0, 0.05) is 16.7 Å². The van der Waals surface area contributed by atoms with Crippen LogP contribution in [0.25, 0.3) is 0 Å². The van der Waals surface area contributed by atoms with Crippen molar-refractivity contribution >= 4 is 17.7 Å². The molecule has 1 saturated heterocycles. The Kier molecular flexibility index (Phi) is 3.54. The average molecular weight is 277 g/mol. The Labute approximate surface area is 117 Å². The first-order chi connectivity index (χ1) is 9.20. The third-order valence-electron chi connectivity index (χ3n) is 4.26. The molecule has 0 aliphatic carbocycles. The van der Waals surface area contributed by atoms with Gasteiger partial charge in [-0.1, -0.05) is 18.2 Å². The minimum Gasteiger partial charge on any atom is -0.481 e. The summed E-state index contributed by atoms with van der Waals surface area (Å²) in [5.74, 6) is -0.628. The highest BCUT2D eigenvalue weighted by Gasteiger charge is 2.42. The van der Waals surface area contributed by atoms with Crippen molar-refractivity contribution in [3.63, 3.8) is 0 Å². The van der Waals surface area contributed by atoms with Gasteiger partial charge in [-0.2, -0.15) is 0 Å². The molecule has 19 heavy (non-hydrogen) atoms. The van der Waals surface area contributed by atoms with Crippen LogP contribution in [0.2, 0.25) is 0 Å². The Hall–Kier alpha value is -1.00. The number of hydrogen-bond donors (Lipinski definition) is 2. The summed E-state index contributed by atoms with van der Waals surface area (Å²) in [6.07, 6.45) is 3.56. The lowest BCUT2D eigenvalue weighted by molar-refractivity contribution is -0.150. The van der Waals surface area contributed by atoms with E-state index in [1.165, 1.54) is 10.5 Å². The standard InChI is InChI=1S/C15H19NO2S/c17-14(18)15(6-3-7-16-10-15)9-12-8-11-4-1-2-5-13(11)19-12/h1-2,4-5,12,16H,3,6-10H2,(H,17,18). The lowest BCUT2D eigenvalue weighted by Gasteiger charge is -2.35. The molecule has 0 radical (unpaired) electrons.